The minimum atomic E-state index is -4.22. The van der Waals surface area contributed by atoms with Crippen LogP contribution in [0.15, 0.2) is 54.6 Å². The first-order valence-corrected chi connectivity index (χ1v) is 8.05. The Morgan fingerprint density at radius 2 is 1.64 bits per heavy atom. The lowest BCUT2D eigenvalue weighted by Gasteiger charge is -2.14. The van der Waals surface area contributed by atoms with Crippen molar-refractivity contribution in [3.05, 3.63) is 65.7 Å². The van der Waals surface area contributed by atoms with Gasteiger partial charge in [-0.3, -0.25) is 9.35 Å². The van der Waals surface area contributed by atoms with E-state index in [1.807, 2.05) is 0 Å². The zero-order chi connectivity index (χ0) is 16.2. The van der Waals surface area contributed by atoms with Crippen LogP contribution < -0.4 is 5.32 Å². The van der Waals surface area contributed by atoms with Gasteiger partial charge in [0.25, 0.3) is 10.1 Å². The Morgan fingerprint density at radius 1 is 1.05 bits per heavy atom. The van der Waals surface area contributed by atoms with E-state index in [1.165, 1.54) is 12.1 Å². The zero-order valence-electron chi connectivity index (χ0n) is 11.5. The van der Waals surface area contributed by atoms with E-state index < -0.39 is 27.9 Å². The number of carbonyl (C=O) groups is 1. The average Bonchev–Trinajstić information content (AvgIpc) is 2.52. The smallest absolute Gasteiger partial charge is 0.283 e. The molecule has 2 aromatic carbocycles. The molecule has 0 aromatic heterocycles. The summed E-state index contributed by atoms with van der Waals surface area (Å²) in [6.07, 6.45) is -1.35. The molecular weight excluding hydrogens is 306 g/mol. The molecule has 0 radical (unpaired) electrons. The van der Waals surface area contributed by atoms with E-state index in [-0.39, 0.29) is 11.3 Å². The summed E-state index contributed by atoms with van der Waals surface area (Å²) in [6.45, 7) is 0. The topological polar surface area (TPSA) is 104 Å². The first kappa shape index (κ1) is 16.2. The third-order valence-corrected chi connectivity index (χ3v) is 3.51. The molecule has 7 heteroatoms. The highest BCUT2D eigenvalue weighted by molar-refractivity contribution is 7.85. The number of benzene rings is 2. The summed E-state index contributed by atoms with van der Waals surface area (Å²) in [7, 11) is -4.22. The van der Waals surface area contributed by atoms with Gasteiger partial charge in [-0.05, 0) is 17.7 Å². The van der Waals surface area contributed by atoms with Crippen LogP contribution in [0.4, 0.5) is 5.69 Å². The van der Waals surface area contributed by atoms with Crippen molar-refractivity contribution in [3.63, 3.8) is 0 Å². The number of hydrogen-bond acceptors (Lipinski definition) is 5. The first-order valence-electron chi connectivity index (χ1n) is 6.44. The van der Waals surface area contributed by atoms with Crippen LogP contribution in [0.3, 0.4) is 0 Å². The van der Waals surface area contributed by atoms with Gasteiger partial charge in [-0.1, -0.05) is 42.5 Å². The monoisotopic (exact) mass is 321 g/mol. The molecule has 116 valence electrons. The van der Waals surface area contributed by atoms with E-state index in [1.54, 1.807) is 42.5 Å². The number of ketones is 1. The molecule has 0 amide bonds. The number of carbonyl (C=O) groups excluding carboxylic acids is 1. The van der Waals surface area contributed by atoms with Gasteiger partial charge in [0.1, 0.15) is 12.0 Å². The Morgan fingerprint density at radius 3 is 2.27 bits per heavy atom. The number of Topliss-reactive ketones (excluding diaryl/α,β-unsaturated/α-hetero) is 1. The molecule has 0 saturated carbocycles. The second-order valence-electron chi connectivity index (χ2n) is 4.63. The highest BCUT2D eigenvalue weighted by Crippen LogP contribution is 2.23. The van der Waals surface area contributed by atoms with E-state index >= 15 is 0 Å². The maximum Gasteiger partial charge on any atom is 0.283 e. The maximum absolute atomic E-state index is 12.4. The average molecular weight is 321 g/mol. The van der Waals surface area contributed by atoms with E-state index in [0.717, 1.165) is 0 Å². The number of rotatable bonds is 6. The van der Waals surface area contributed by atoms with Gasteiger partial charge in [-0.15, -0.1) is 0 Å². The predicted molar refractivity (Wildman–Crippen MR) is 82.2 cm³/mol. The quantitative estimate of drug-likeness (QED) is 0.554. The fourth-order valence-electron chi connectivity index (χ4n) is 1.96. The number of anilines is 1. The molecular formula is C15H15NO5S. The molecule has 0 saturated heterocycles. The van der Waals surface area contributed by atoms with E-state index in [2.05, 4.69) is 5.32 Å². The van der Waals surface area contributed by atoms with Crippen LogP contribution in [0.25, 0.3) is 0 Å². The van der Waals surface area contributed by atoms with Crippen LogP contribution in [-0.4, -0.2) is 29.7 Å². The summed E-state index contributed by atoms with van der Waals surface area (Å²) < 4.78 is 30.4. The Balaban J connectivity index is 2.26. The number of nitrogens with one attached hydrogen (secondary N) is 1. The van der Waals surface area contributed by atoms with Crippen molar-refractivity contribution in [3.8, 4) is 0 Å². The second kappa shape index (κ2) is 6.69. The van der Waals surface area contributed by atoms with Crippen LogP contribution in [-0.2, 0) is 10.1 Å². The first-order chi connectivity index (χ1) is 10.4. The summed E-state index contributed by atoms with van der Waals surface area (Å²) in [5.41, 5.74) is 0.805. The summed E-state index contributed by atoms with van der Waals surface area (Å²) in [4.78, 5) is 12.4. The number of hydrogen-bond donors (Lipinski definition) is 3. The summed E-state index contributed by atoms with van der Waals surface area (Å²) in [5.74, 6) is -1.29. The molecule has 0 aliphatic carbocycles. The van der Waals surface area contributed by atoms with Gasteiger partial charge in [-0.2, -0.15) is 8.42 Å². The van der Waals surface area contributed by atoms with E-state index in [9.17, 15) is 18.3 Å². The molecule has 3 N–H and O–H groups in total. The largest absolute Gasteiger partial charge is 0.380 e. The van der Waals surface area contributed by atoms with Gasteiger partial charge in [-0.25, -0.2) is 0 Å². The van der Waals surface area contributed by atoms with Crippen molar-refractivity contribution in [2.24, 2.45) is 0 Å². The van der Waals surface area contributed by atoms with Crippen molar-refractivity contribution < 1.29 is 22.9 Å². The number of aliphatic hydroxyl groups excluding tert-OH is 1. The lowest BCUT2D eigenvalue weighted by Crippen LogP contribution is -2.18. The van der Waals surface area contributed by atoms with E-state index in [4.69, 9.17) is 4.55 Å². The number of aliphatic hydroxyl groups is 1. The fourth-order valence-corrected chi connectivity index (χ4v) is 2.29. The third kappa shape index (κ3) is 4.14. The molecule has 1 unspecified atom stereocenters. The number of para-hydroxylation sites is 1. The van der Waals surface area contributed by atoms with Gasteiger partial charge in [0.05, 0.1) is 0 Å². The van der Waals surface area contributed by atoms with Crippen molar-refractivity contribution in [2.75, 3.05) is 11.2 Å². The van der Waals surface area contributed by atoms with Gasteiger partial charge >= 0.3 is 0 Å². The van der Waals surface area contributed by atoms with E-state index in [0.29, 0.717) is 5.56 Å². The Labute approximate surface area is 128 Å². The highest BCUT2D eigenvalue weighted by Gasteiger charge is 2.21. The Kier molecular flexibility index (Phi) is 4.92. The molecule has 2 rings (SSSR count). The van der Waals surface area contributed by atoms with Crippen LogP contribution in [0.2, 0.25) is 0 Å². The van der Waals surface area contributed by atoms with Crippen molar-refractivity contribution in [1.82, 2.24) is 0 Å². The van der Waals surface area contributed by atoms with Crippen molar-refractivity contribution >= 4 is 21.6 Å². The van der Waals surface area contributed by atoms with Crippen LogP contribution in [0.1, 0.15) is 22.0 Å². The lowest BCUT2D eigenvalue weighted by molar-refractivity contribution is 0.0748. The predicted octanol–water partition coefficient (Wildman–Crippen LogP) is 1.86. The highest BCUT2D eigenvalue weighted by atomic mass is 32.2. The van der Waals surface area contributed by atoms with Crippen molar-refractivity contribution in [2.45, 2.75) is 6.10 Å². The SMILES string of the molecule is O=C(c1ccccc1NCS(=O)(=O)O)C(O)c1ccccc1. The van der Waals surface area contributed by atoms with Crippen LogP contribution >= 0.6 is 0 Å². The molecule has 0 fully saturated rings. The molecule has 6 nitrogen and oxygen atoms in total. The molecule has 0 aliphatic heterocycles. The molecule has 22 heavy (non-hydrogen) atoms. The standard InChI is InChI=1S/C15H15NO5S/c17-14(11-6-2-1-3-7-11)15(18)12-8-4-5-9-13(12)16-10-22(19,20)21/h1-9,14,16-17H,10H2,(H,19,20,21). The molecule has 0 spiro atoms. The Bertz CT molecular complexity index is 759. The summed E-state index contributed by atoms with van der Waals surface area (Å²) in [5, 5.41) is 12.6. The van der Waals surface area contributed by atoms with Crippen molar-refractivity contribution in [1.29, 1.82) is 0 Å². The van der Waals surface area contributed by atoms with Gasteiger partial charge in [0.15, 0.2) is 5.78 Å². The molecule has 1 atom stereocenters. The maximum atomic E-state index is 12.4. The molecule has 2 aromatic rings. The van der Waals surface area contributed by atoms with Gasteiger partial charge in [0.2, 0.25) is 0 Å². The normalized spacial score (nSPS) is 12.6. The van der Waals surface area contributed by atoms with Crippen LogP contribution in [0, 0.1) is 0 Å². The zero-order valence-corrected chi connectivity index (χ0v) is 12.3. The van der Waals surface area contributed by atoms with Gasteiger partial charge in [0, 0.05) is 11.3 Å². The molecule has 0 heterocycles. The molecule has 0 bridgehead atoms. The van der Waals surface area contributed by atoms with Crippen LogP contribution in [0.5, 0.6) is 0 Å². The lowest BCUT2D eigenvalue weighted by atomic mass is 9.99. The minimum absolute atomic E-state index is 0.141. The summed E-state index contributed by atoms with van der Waals surface area (Å²) in [6, 6.07) is 14.6. The second-order valence-corrected chi connectivity index (χ2v) is 6.08. The Hall–Kier alpha value is -2.22. The summed E-state index contributed by atoms with van der Waals surface area (Å²) >= 11 is 0. The molecule has 0 aliphatic rings. The van der Waals surface area contributed by atoms with Gasteiger partial charge < -0.3 is 10.4 Å². The third-order valence-electron chi connectivity index (χ3n) is 3.00. The minimum Gasteiger partial charge on any atom is -0.380 e. The fraction of sp³-hybridized carbons (Fsp3) is 0.133.